The summed E-state index contributed by atoms with van der Waals surface area (Å²) in [6, 6.07) is 21.7. The van der Waals surface area contributed by atoms with Gasteiger partial charge in [-0.2, -0.15) is 0 Å². The zero-order chi connectivity index (χ0) is 21.5. The van der Waals surface area contributed by atoms with Crippen molar-refractivity contribution in [1.29, 1.82) is 0 Å². The van der Waals surface area contributed by atoms with E-state index in [0.29, 0.717) is 0 Å². The molecule has 3 aromatic rings. The van der Waals surface area contributed by atoms with Crippen molar-refractivity contribution < 1.29 is 0 Å². The van der Waals surface area contributed by atoms with Crippen molar-refractivity contribution in [3.63, 3.8) is 0 Å². The monoisotopic (exact) mass is 497 g/mol. The van der Waals surface area contributed by atoms with Crippen LogP contribution in [0.2, 0.25) is 0 Å². The molecule has 3 aromatic carbocycles. The van der Waals surface area contributed by atoms with Crippen LogP contribution >= 0.6 is 27.9 Å². The first-order chi connectivity index (χ1) is 15.2. The van der Waals surface area contributed by atoms with E-state index in [1.807, 2.05) is 0 Å². The molecule has 1 aliphatic rings. The molecule has 164 valence electrons. The smallest absolute Gasteiger partial charge is 0.0447 e. The van der Waals surface area contributed by atoms with E-state index in [4.69, 9.17) is 0 Å². The van der Waals surface area contributed by atoms with E-state index in [1.165, 1.54) is 71.1 Å². The molecule has 0 aliphatic carbocycles. The Hall–Kier alpha value is -1.53. The van der Waals surface area contributed by atoms with E-state index in [0.717, 1.165) is 18.8 Å². The number of hydrogen-bond acceptors (Lipinski definition) is 4. The molecule has 4 rings (SSSR count). The van der Waals surface area contributed by atoms with E-state index in [2.05, 4.69) is 98.0 Å². The molecule has 1 saturated heterocycles. The summed E-state index contributed by atoms with van der Waals surface area (Å²) in [5.74, 6) is 0. The molecular formula is C26H32BrN3S. The molecular weight excluding hydrogens is 466 g/mol. The maximum absolute atomic E-state index is 3.77. The number of nitrogens with zero attached hydrogens (tertiary/aromatic N) is 2. The highest BCUT2D eigenvalue weighted by Gasteiger charge is 2.15. The molecule has 31 heavy (non-hydrogen) atoms. The van der Waals surface area contributed by atoms with Crippen molar-refractivity contribution in [1.82, 2.24) is 9.80 Å². The lowest BCUT2D eigenvalue weighted by Crippen LogP contribution is -2.31. The number of unbranched alkanes of at least 4 members (excludes halogenated alkanes) is 1. The van der Waals surface area contributed by atoms with Crippen molar-refractivity contribution in [2.45, 2.75) is 37.6 Å². The van der Waals surface area contributed by atoms with Crippen LogP contribution < -0.4 is 4.72 Å². The van der Waals surface area contributed by atoms with Gasteiger partial charge in [0.2, 0.25) is 0 Å². The lowest BCUT2D eigenvalue weighted by Gasteiger charge is -2.22. The normalized spacial score (nSPS) is 15.8. The summed E-state index contributed by atoms with van der Waals surface area (Å²) in [6.45, 7) is 9.28. The van der Waals surface area contributed by atoms with Crippen LogP contribution in [0.3, 0.4) is 0 Å². The molecule has 3 nitrogen and oxygen atoms in total. The van der Waals surface area contributed by atoms with E-state index in [-0.39, 0.29) is 0 Å². The molecule has 0 bridgehead atoms. The molecule has 1 N–H and O–H groups in total. The first-order valence-electron chi connectivity index (χ1n) is 11.4. The standard InChI is InChI=1S/C26H32BrN3S/c1-2-3-13-29-14-6-15-30(17-16-29)20-23-18-24(10-12-26(23)27)28-31-25-11-9-21-7-4-5-8-22(21)19-25/h4-5,7-12,18-19,28H,2-3,6,13-17,20H2,1H3. The fourth-order valence-electron chi connectivity index (χ4n) is 4.14. The Bertz CT molecular complexity index is 993. The van der Waals surface area contributed by atoms with Crippen LogP contribution in [0, 0.1) is 0 Å². The van der Waals surface area contributed by atoms with Gasteiger partial charge in [-0.05, 0) is 91.1 Å². The van der Waals surface area contributed by atoms with Crippen LogP contribution in [0.25, 0.3) is 10.8 Å². The Kier molecular flexibility index (Phi) is 8.31. The fraction of sp³-hybridized carbons (Fsp3) is 0.385. The molecule has 1 aliphatic heterocycles. The highest BCUT2D eigenvalue weighted by atomic mass is 79.9. The van der Waals surface area contributed by atoms with E-state index < -0.39 is 0 Å². The number of rotatable bonds is 8. The second-order valence-corrected chi connectivity index (χ2v) is 10.1. The zero-order valence-corrected chi connectivity index (χ0v) is 20.7. The molecule has 0 atom stereocenters. The second-order valence-electron chi connectivity index (χ2n) is 8.34. The van der Waals surface area contributed by atoms with Gasteiger partial charge in [0.15, 0.2) is 0 Å². The predicted octanol–water partition coefficient (Wildman–Crippen LogP) is 7.03. The Labute approximate surface area is 199 Å². The van der Waals surface area contributed by atoms with Gasteiger partial charge >= 0.3 is 0 Å². The van der Waals surface area contributed by atoms with Gasteiger partial charge in [0.1, 0.15) is 0 Å². The third-order valence-corrected chi connectivity index (χ3v) is 7.56. The molecule has 1 heterocycles. The van der Waals surface area contributed by atoms with E-state index in [9.17, 15) is 0 Å². The first kappa shape index (κ1) is 22.7. The van der Waals surface area contributed by atoms with Crippen molar-refractivity contribution in [2.75, 3.05) is 37.4 Å². The van der Waals surface area contributed by atoms with Crippen molar-refractivity contribution in [3.05, 3.63) is 70.7 Å². The molecule has 0 aromatic heterocycles. The summed E-state index contributed by atoms with van der Waals surface area (Å²) >= 11 is 5.45. The molecule has 0 unspecified atom stereocenters. The summed E-state index contributed by atoms with van der Waals surface area (Å²) in [7, 11) is 0. The Balaban J connectivity index is 1.36. The third-order valence-electron chi connectivity index (χ3n) is 5.96. The summed E-state index contributed by atoms with van der Waals surface area (Å²) in [4.78, 5) is 6.46. The van der Waals surface area contributed by atoms with Crippen LogP contribution in [-0.2, 0) is 6.54 Å². The number of hydrogen-bond donors (Lipinski definition) is 1. The van der Waals surface area contributed by atoms with Gasteiger partial charge in [0.05, 0.1) is 0 Å². The number of benzene rings is 3. The molecule has 0 spiro atoms. The second kappa shape index (κ2) is 11.4. The van der Waals surface area contributed by atoms with E-state index in [1.54, 1.807) is 11.9 Å². The summed E-state index contributed by atoms with van der Waals surface area (Å²) in [5, 5.41) is 2.56. The maximum Gasteiger partial charge on any atom is 0.0447 e. The van der Waals surface area contributed by atoms with Gasteiger partial charge in [-0.1, -0.05) is 59.6 Å². The van der Waals surface area contributed by atoms with Crippen molar-refractivity contribution >= 4 is 44.3 Å². The fourth-order valence-corrected chi connectivity index (χ4v) is 5.19. The van der Waals surface area contributed by atoms with Crippen LogP contribution in [0.5, 0.6) is 0 Å². The lowest BCUT2D eigenvalue weighted by molar-refractivity contribution is 0.249. The van der Waals surface area contributed by atoms with E-state index >= 15 is 0 Å². The molecule has 0 radical (unpaired) electrons. The number of halogens is 1. The highest BCUT2D eigenvalue weighted by Crippen LogP contribution is 2.28. The first-order valence-corrected chi connectivity index (χ1v) is 13.0. The average molecular weight is 499 g/mol. The number of anilines is 1. The van der Waals surface area contributed by atoms with Gasteiger partial charge in [-0.25, -0.2) is 0 Å². The molecule has 5 heteroatoms. The minimum absolute atomic E-state index is 0.998. The van der Waals surface area contributed by atoms with Crippen molar-refractivity contribution in [3.8, 4) is 0 Å². The molecule has 0 amide bonds. The molecule has 1 fully saturated rings. The minimum atomic E-state index is 0.998. The van der Waals surface area contributed by atoms with Gasteiger partial charge in [0, 0.05) is 34.7 Å². The summed E-state index contributed by atoms with van der Waals surface area (Å²) in [5.41, 5.74) is 2.50. The average Bonchev–Trinajstić information content (AvgIpc) is 3.03. The molecule has 0 saturated carbocycles. The van der Waals surface area contributed by atoms with Crippen LogP contribution in [-0.4, -0.2) is 42.5 Å². The predicted molar refractivity (Wildman–Crippen MR) is 139 cm³/mol. The number of nitrogens with one attached hydrogen (secondary N) is 1. The van der Waals surface area contributed by atoms with Gasteiger partial charge in [0.25, 0.3) is 0 Å². The quantitative estimate of drug-likeness (QED) is 0.336. The van der Waals surface area contributed by atoms with Crippen LogP contribution in [0.15, 0.2) is 70.0 Å². The van der Waals surface area contributed by atoms with Gasteiger partial charge in [-0.15, -0.1) is 0 Å². The van der Waals surface area contributed by atoms with Crippen LogP contribution in [0.4, 0.5) is 5.69 Å². The van der Waals surface area contributed by atoms with Crippen LogP contribution in [0.1, 0.15) is 31.7 Å². The minimum Gasteiger partial charge on any atom is -0.326 e. The summed E-state index contributed by atoms with van der Waals surface area (Å²) in [6.07, 6.45) is 3.86. The zero-order valence-electron chi connectivity index (χ0n) is 18.3. The Morgan fingerprint density at radius 2 is 1.71 bits per heavy atom. The Morgan fingerprint density at radius 3 is 2.58 bits per heavy atom. The van der Waals surface area contributed by atoms with Gasteiger partial charge < -0.3 is 9.62 Å². The van der Waals surface area contributed by atoms with Crippen molar-refractivity contribution in [2.24, 2.45) is 0 Å². The lowest BCUT2D eigenvalue weighted by atomic mass is 10.1. The van der Waals surface area contributed by atoms with Gasteiger partial charge in [-0.3, -0.25) is 4.90 Å². The SMILES string of the molecule is CCCCN1CCCN(Cc2cc(NSc3ccc4ccccc4c3)ccc2Br)CC1. The largest absolute Gasteiger partial charge is 0.326 e. The topological polar surface area (TPSA) is 18.5 Å². The maximum atomic E-state index is 3.77. The Morgan fingerprint density at radius 1 is 0.903 bits per heavy atom. The number of fused-ring (bicyclic) bond motifs is 1. The third kappa shape index (κ3) is 6.48. The highest BCUT2D eigenvalue weighted by molar-refractivity contribution is 9.10. The summed E-state index contributed by atoms with van der Waals surface area (Å²) < 4.78 is 4.74.